The maximum atomic E-state index is 6.34. The van der Waals surface area contributed by atoms with Crippen LogP contribution in [0.2, 0.25) is 10.3 Å². The Kier molecular flexibility index (Phi) is 3.81. The minimum Gasteiger partial charge on any atom is -0.224 e. The van der Waals surface area contributed by atoms with E-state index in [1.807, 2.05) is 6.07 Å². The zero-order valence-corrected chi connectivity index (χ0v) is 14.4. The first kappa shape index (κ1) is 15.6. The maximum Gasteiger partial charge on any atom is 0.138 e. The van der Waals surface area contributed by atoms with Gasteiger partial charge in [-0.3, -0.25) is 0 Å². The average Bonchev–Trinajstić information content (AvgIpc) is 2.24. The molecule has 0 bridgehead atoms. The van der Waals surface area contributed by atoms with Crippen LogP contribution >= 0.6 is 23.2 Å². The number of fused-ring (bicyclic) bond motifs is 1. The fraction of sp³-hybridized carbons (Fsp3) is 0.471. The highest BCUT2D eigenvalue weighted by atomic mass is 35.5. The molecule has 2 rings (SSSR count). The third kappa shape index (κ3) is 2.94. The second kappa shape index (κ2) is 4.89. The van der Waals surface area contributed by atoms with Crippen LogP contribution in [0.5, 0.6) is 0 Å². The van der Waals surface area contributed by atoms with Crippen molar-refractivity contribution in [2.24, 2.45) is 0 Å². The minimum absolute atomic E-state index is 0.00133. The minimum atomic E-state index is -0.00133. The van der Waals surface area contributed by atoms with Crippen molar-refractivity contribution in [2.45, 2.75) is 52.4 Å². The molecule has 0 amide bonds. The molecule has 0 saturated heterocycles. The van der Waals surface area contributed by atoms with Crippen LogP contribution in [0.25, 0.3) is 10.8 Å². The van der Waals surface area contributed by atoms with Crippen LogP contribution in [0.1, 0.15) is 52.7 Å². The van der Waals surface area contributed by atoms with E-state index in [9.17, 15) is 0 Å². The first-order chi connectivity index (χ1) is 9.00. The topological polar surface area (TPSA) is 12.9 Å². The summed E-state index contributed by atoms with van der Waals surface area (Å²) in [4.78, 5) is 4.20. The molecule has 1 aromatic heterocycles. The molecule has 2 aromatic rings. The fourth-order valence-corrected chi connectivity index (χ4v) is 2.89. The molecule has 0 radical (unpaired) electrons. The Balaban J connectivity index is 2.93. The number of hydrogen-bond donors (Lipinski definition) is 0. The summed E-state index contributed by atoms with van der Waals surface area (Å²) < 4.78 is 0. The van der Waals surface area contributed by atoms with E-state index < -0.39 is 0 Å². The van der Waals surface area contributed by atoms with Gasteiger partial charge in [-0.05, 0) is 33.4 Å². The number of rotatable bonds is 0. The van der Waals surface area contributed by atoms with Gasteiger partial charge < -0.3 is 0 Å². The molecular weight excluding hydrogens is 289 g/mol. The molecule has 20 heavy (non-hydrogen) atoms. The summed E-state index contributed by atoms with van der Waals surface area (Å²) in [7, 11) is 0. The zero-order chi connectivity index (χ0) is 15.3. The molecule has 108 valence electrons. The van der Waals surface area contributed by atoms with E-state index in [1.54, 1.807) is 0 Å². The van der Waals surface area contributed by atoms with Crippen LogP contribution in [0.3, 0.4) is 0 Å². The van der Waals surface area contributed by atoms with E-state index >= 15 is 0 Å². The third-order valence-electron chi connectivity index (χ3n) is 3.53. The van der Waals surface area contributed by atoms with Crippen molar-refractivity contribution in [3.05, 3.63) is 39.6 Å². The largest absolute Gasteiger partial charge is 0.224 e. The SMILES string of the molecule is CC(C)(C)c1cc(C(C)(C)C)c2c(Cl)nc(Cl)cc2c1. The van der Waals surface area contributed by atoms with Crippen molar-refractivity contribution < 1.29 is 0 Å². The highest BCUT2D eigenvalue weighted by Gasteiger charge is 2.23. The summed E-state index contributed by atoms with van der Waals surface area (Å²) in [5, 5.41) is 3.00. The monoisotopic (exact) mass is 309 g/mol. The normalized spacial score (nSPS) is 13.0. The number of benzene rings is 1. The Morgan fingerprint density at radius 2 is 1.45 bits per heavy atom. The number of halogens is 2. The third-order valence-corrected chi connectivity index (χ3v) is 4.00. The summed E-state index contributed by atoms with van der Waals surface area (Å²) in [6.45, 7) is 13.2. The lowest BCUT2D eigenvalue weighted by Gasteiger charge is -2.27. The van der Waals surface area contributed by atoms with Gasteiger partial charge in [-0.2, -0.15) is 0 Å². The Bertz CT molecular complexity index is 661. The molecule has 0 saturated carbocycles. The van der Waals surface area contributed by atoms with Crippen LogP contribution in [-0.4, -0.2) is 4.98 Å². The summed E-state index contributed by atoms with van der Waals surface area (Å²) >= 11 is 12.4. The average molecular weight is 310 g/mol. The lowest BCUT2D eigenvalue weighted by molar-refractivity contribution is 0.573. The van der Waals surface area contributed by atoms with E-state index in [-0.39, 0.29) is 10.8 Å². The lowest BCUT2D eigenvalue weighted by Crippen LogP contribution is -2.17. The predicted molar refractivity (Wildman–Crippen MR) is 89.2 cm³/mol. The maximum absolute atomic E-state index is 6.34. The van der Waals surface area contributed by atoms with E-state index in [1.165, 1.54) is 11.1 Å². The van der Waals surface area contributed by atoms with Gasteiger partial charge in [-0.15, -0.1) is 0 Å². The van der Waals surface area contributed by atoms with Crippen molar-refractivity contribution in [1.82, 2.24) is 4.98 Å². The standard InChI is InChI=1S/C17H21Cl2N/c1-16(2,3)11-7-10-8-13(18)20-15(19)14(10)12(9-11)17(4,5)6/h7-9H,1-6H3. The van der Waals surface area contributed by atoms with Gasteiger partial charge in [0.1, 0.15) is 10.3 Å². The molecule has 0 aliphatic rings. The highest BCUT2D eigenvalue weighted by Crippen LogP contribution is 2.38. The molecule has 1 aromatic carbocycles. The molecule has 1 heterocycles. The predicted octanol–water partition coefficient (Wildman–Crippen LogP) is 6.14. The van der Waals surface area contributed by atoms with Crippen LogP contribution in [-0.2, 0) is 10.8 Å². The molecule has 0 aliphatic heterocycles. The molecule has 1 nitrogen and oxygen atoms in total. The molecule has 0 spiro atoms. The van der Waals surface area contributed by atoms with Gasteiger partial charge in [0.05, 0.1) is 0 Å². The quantitative estimate of drug-likeness (QED) is 0.533. The molecule has 0 aliphatic carbocycles. The Morgan fingerprint density at radius 3 is 1.95 bits per heavy atom. The number of hydrogen-bond acceptors (Lipinski definition) is 1. The van der Waals surface area contributed by atoms with Crippen molar-refractivity contribution in [1.29, 1.82) is 0 Å². The van der Waals surface area contributed by atoms with Gasteiger partial charge in [-0.25, -0.2) is 4.98 Å². The molecule has 0 atom stereocenters. The summed E-state index contributed by atoms with van der Waals surface area (Å²) in [5.74, 6) is 0. The van der Waals surface area contributed by atoms with Gasteiger partial charge in [-0.1, -0.05) is 76.9 Å². The number of pyridine rings is 1. The van der Waals surface area contributed by atoms with Gasteiger partial charge in [0.25, 0.3) is 0 Å². The Morgan fingerprint density at radius 1 is 0.850 bits per heavy atom. The smallest absolute Gasteiger partial charge is 0.138 e. The highest BCUT2D eigenvalue weighted by molar-refractivity contribution is 6.36. The van der Waals surface area contributed by atoms with Crippen molar-refractivity contribution in [3.63, 3.8) is 0 Å². The van der Waals surface area contributed by atoms with E-state index in [4.69, 9.17) is 23.2 Å². The van der Waals surface area contributed by atoms with Crippen molar-refractivity contribution in [3.8, 4) is 0 Å². The number of aromatic nitrogens is 1. The molecule has 0 unspecified atom stereocenters. The van der Waals surface area contributed by atoms with E-state index in [0.717, 1.165) is 10.8 Å². The van der Waals surface area contributed by atoms with E-state index in [2.05, 4.69) is 58.7 Å². The first-order valence-electron chi connectivity index (χ1n) is 6.81. The fourth-order valence-electron chi connectivity index (χ4n) is 2.34. The number of nitrogens with zero attached hydrogens (tertiary/aromatic N) is 1. The van der Waals surface area contributed by atoms with Gasteiger partial charge in [0.15, 0.2) is 0 Å². The zero-order valence-electron chi connectivity index (χ0n) is 12.9. The van der Waals surface area contributed by atoms with Crippen LogP contribution in [0.15, 0.2) is 18.2 Å². The summed E-state index contributed by atoms with van der Waals surface area (Å²) in [5.41, 5.74) is 2.58. The van der Waals surface area contributed by atoms with Gasteiger partial charge in [0, 0.05) is 5.39 Å². The summed E-state index contributed by atoms with van der Waals surface area (Å²) in [6.07, 6.45) is 0. The van der Waals surface area contributed by atoms with Gasteiger partial charge >= 0.3 is 0 Å². The second-order valence-electron chi connectivity index (χ2n) is 7.36. The summed E-state index contributed by atoms with van der Waals surface area (Å²) in [6, 6.07) is 6.32. The molecule has 0 N–H and O–H groups in total. The van der Waals surface area contributed by atoms with Crippen LogP contribution < -0.4 is 0 Å². The Labute approximate surface area is 131 Å². The van der Waals surface area contributed by atoms with Gasteiger partial charge in [0.2, 0.25) is 0 Å². The van der Waals surface area contributed by atoms with Crippen LogP contribution in [0.4, 0.5) is 0 Å². The van der Waals surface area contributed by atoms with Crippen molar-refractivity contribution >= 4 is 34.0 Å². The van der Waals surface area contributed by atoms with E-state index in [0.29, 0.717) is 10.3 Å². The first-order valence-corrected chi connectivity index (χ1v) is 7.56. The Hall–Kier alpha value is -0.790. The molecular formula is C17H21Cl2N. The lowest BCUT2D eigenvalue weighted by atomic mass is 9.78. The van der Waals surface area contributed by atoms with Crippen LogP contribution in [0, 0.1) is 0 Å². The molecule has 0 fully saturated rings. The van der Waals surface area contributed by atoms with Crippen molar-refractivity contribution in [2.75, 3.05) is 0 Å². The second-order valence-corrected chi connectivity index (χ2v) is 8.10. The molecule has 3 heteroatoms.